The van der Waals surface area contributed by atoms with Crippen LogP contribution in [-0.4, -0.2) is 0 Å². The quantitative estimate of drug-likeness (QED) is 0.499. The molecule has 0 saturated carbocycles. The Hall–Kier alpha value is -0.461. The first-order chi connectivity index (χ1) is 3.39. The van der Waals surface area contributed by atoms with Crippen molar-refractivity contribution < 1.29 is 22.2 Å². The van der Waals surface area contributed by atoms with Crippen molar-refractivity contribution in [3.8, 4) is 5.75 Å². The van der Waals surface area contributed by atoms with Crippen LogP contribution < -0.4 is 5.11 Å². The van der Waals surface area contributed by atoms with Gasteiger partial charge in [0.1, 0.15) is 0 Å². The predicted molar refractivity (Wildman–Crippen MR) is 25.9 cm³/mol. The van der Waals surface area contributed by atoms with Crippen LogP contribution in [-0.2, 0) is 17.1 Å². The molecule has 0 aromatic heterocycles. The van der Waals surface area contributed by atoms with Gasteiger partial charge in [-0.25, -0.2) is 0 Å². The summed E-state index contributed by atoms with van der Waals surface area (Å²) in [7, 11) is 0. The van der Waals surface area contributed by atoms with Gasteiger partial charge in [0.25, 0.3) is 0 Å². The maximum absolute atomic E-state index is 10.3. The van der Waals surface area contributed by atoms with Gasteiger partial charge in [-0.1, -0.05) is 30.3 Å². The number of benzene rings is 1. The van der Waals surface area contributed by atoms with Gasteiger partial charge in [-0.05, 0) is 0 Å². The van der Waals surface area contributed by atoms with Crippen molar-refractivity contribution >= 4 is 0 Å². The Labute approximate surface area is 58.8 Å². The maximum atomic E-state index is 10.3. The third-order valence-corrected chi connectivity index (χ3v) is 0.743. The zero-order valence-electron chi connectivity index (χ0n) is 4.15. The minimum atomic E-state index is 0. The molecule has 2 heteroatoms. The average Bonchev–Trinajstić information content (AvgIpc) is 1.69. The summed E-state index contributed by atoms with van der Waals surface area (Å²) in [6.07, 6.45) is 0. The van der Waals surface area contributed by atoms with Gasteiger partial charge < -0.3 is 5.11 Å². The van der Waals surface area contributed by atoms with Gasteiger partial charge in [0.05, 0.1) is 0 Å². The average molecular weight is 149 g/mol. The number of rotatable bonds is 0. The molecule has 0 aliphatic heterocycles. The maximum Gasteiger partial charge on any atom is 3.00 e. The molecular weight excluding hydrogens is 144 g/mol. The summed E-state index contributed by atoms with van der Waals surface area (Å²) in [5, 5.41) is 10.3. The normalized spacial score (nSPS) is 7.50. The van der Waals surface area contributed by atoms with Crippen LogP contribution in [0.5, 0.6) is 5.75 Å². The first-order valence-electron chi connectivity index (χ1n) is 2.11. The summed E-state index contributed by atoms with van der Waals surface area (Å²) >= 11 is 0. The van der Waals surface area contributed by atoms with E-state index in [1.165, 1.54) is 12.1 Å². The summed E-state index contributed by atoms with van der Waals surface area (Å²) in [4.78, 5) is 0. The van der Waals surface area contributed by atoms with Crippen LogP contribution in [0.25, 0.3) is 0 Å². The third kappa shape index (κ3) is 2.01. The summed E-state index contributed by atoms with van der Waals surface area (Å²) in [5.74, 6) is 0.0718. The molecule has 0 saturated heterocycles. The van der Waals surface area contributed by atoms with Gasteiger partial charge >= 0.3 is 17.1 Å². The molecule has 0 atom stereocenters. The molecule has 1 nitrogen and oxygen atoms in total. The molecule has 0 aliphatic rings. The first kappa shape index (κ1) is 7.54. The van der Waals surface area contributed by atoms with E-state index in [0.29, 0.717) is 0 Å². The second-order valence-corrected chi connectivity index (χ2v) is 1.31. The fourth-order valence-corrected chi connectivity index (χ4v) is 0.420. The summed E-state index contributed by atoms with van der Waals surface area (Å²) < 4.78 is 0. The van der Waals surface area contributed by atoms with Crippen molar-refractivity contribution in [1.29, 1.82) is 0 Å². The second kappa shape index (κ2) is 3.53. The fraction of sp³-hybridized carbons (Fsp3) is 0. The Morgan fingerprint density at radius 2 is 1.50 bits per heavy atom. The molecule has 0 N–H and O–H groups in total. The van der Waals surface area contributed by atoms with Crippen LogP contribution in [0.15, 0.2) is 30.3 Å². The van der Waals surface area contributed by atoms with E-state index in [1.807, 2.05) is 6.07 Å². The number of para-hydroxylation sites is 1. The molecule has 0 amide bonds. The molecule has 0 unspecified atom stereocenters. The molecule has 0 bridgehead atoms. The first-order valence-corrected chi connectivity index (χ1v) is 2.11. The molecule has 1 aromatic rings. The van der Waals surface area contributed by atoms with Crippen LogP contribution in [0.4, 0.5) is 0 Å². The van der Waals surface area contributed by atoms with Crippen molar-refractivity contribution in [3.05, 3.63) is 30.3 Å². The largest absolute Gasteiger partial charge is 3.00 e. The molecule has 1 rings (SSSR count). The van der Waals surface area contributed by atoms with Gasteiger partial charge in [-0.3, -0.25) is 0 Å². The van der Waals surface area contributed by atoms with Gasteiger partial charge in [-0.2, -0.15) is 0 Å². The summed E-state index contributed by atoms with van der Waals surface area (Å²) in [6.45, 7) is 0. The molecule has 0 aliphatic carbocycles. The Kier molecular flexibility index (Phi) is 3.33. The van der Waals surface area contributed by atoms with Crippen molar-refractivity contribution in [2.24, 2.45) is 0 Å². The summed E-state index contributed by atoms with van der Waals surface area (Å²) in [6, 6.07) is 8.33. The minimum Gasteiger partial charge on any atom is -0.872 e. The van der Waals surface area contributed by atoms with E-state index in [1.54, 1.807) is 12.1 Å². The van der Waals surface area contributed by atoms with Crippen LogP contribution in [0.2, 0.25) is 0 Å². The van der Waals surface area contributed by atoms with E-state index in [2.05, 4.69) is 0 Å². The molecular formula is C6H5FeO+2. The Bertz CT molecular complexity index is 138. The van der Waals surface area contributed by atoms with E-state index in [0.717, 1.165) is 0 Å². The van der Waals surface area contributed by atoms with E-state index in [-0.39, 0.29) is 22.8 Å². The van der Waals surface area contributed by atoms with Crippen molar-refractivity contribution in [2.75, 3.05) is 0 Å². The molecule has 1 aromatic carbocycles. The van der Waals surface area contributed by atoms with Crippen LogP contribution >= 0.6 is 0 Å². The van der Waals surface area contributed by atoms with E-state index in [4.69, 9.17) is 0 Å². The molecule has 8 heavy (non-hydrogen) atoms. The molecule has 0 fully saturated rings. The number of hydrogen-bond acceptors (Lipinski definition) is 1. The van der Waals surface area contributed by atoms with Gasteiger partial charge in [0.2, 0.25) is 0 Å². The van der Waals surface area contributed by atoms with Gasteiger partial charge in [0, 0.05) is 0 Å². The minimum absolute atomic E-state index is 0. The van der Waals surface area contributed by atoms with Gasteiger partial charge in [0.15, 0.2) is 0 Å². The zero-order chi connectivity index (χ0) is 5.11. The monoisotopic (exact) mass is 149 g/mol. The van der Waals surface area contributed by atoms with E-state index < -0.39 is 0 Å². The summed E-state index contributed by atoms with van der Waals surface area (Å²) in [5.41, 5.74) is 0. The standard InChI is InChI=1S/C6H6O.Fe/c7-6-4-2-1-3-5-6;/h1-5,7H;/q;+3/p-1. The Morgan fingerprint density at radius 3 is 1.75 bits per heavy atom. The fourth-order valence-electron chi connectivity index (χ4n) is 0.420. The molecule has 0 heterocycles. The van der Waals surface area contributed by atoms with Crippen molar-refractivity contribution in [1.82, 2.24) is 0 Å². The SMILES string of the molecule is [Fe+3].[O-]c1ccccc1. The molecule has 1 radical (unpaired) electrons. The van der Waals surface area contributed by atoms with E-state index >= 15 is 0 Å². The topological polar surface area (TPSA) is 23.1 Å². The number of hydrogen-bond donors (Lipinski definition) is 0. The Morgan fingerprint density at radius 1 is 1.00 bits per heavy atom. The molecule has 41 valence electrons. The van der Waals surface area contributed by atoms with Crippen molar-refractivity contribution in [2.45, 2.75) is 0 Å². The van der Waals surface area contributed by atoms with Crippen LogP contribution in [0.3, 0.4) is 0 Å². The smallest absolute Gasteiger partial charge is 0.872 e. The molecule has 0 spiro atoms. The van der Waals surface area contributed by atoms with Gasteiger partial charge in [-0.15, -0.1) is 5.75 Å². The zero-order valence-corrected chi connectivity index (χ0v) is 5.25. The van der Waals surface area contributed by atoms with Crippen LogP contribution in [0, 0.1) is 0 Å². The second-order valence-electron chi connectivity index (χ2n) is 1.31. The van der Waals surface area contributed by atoms with E-state index in [9.17, 15) is 5.11 Å². The van der Waals surface area contributed by atoms with Crippen LogP contribution in [0.1, 0.15) is 0 Å². The Balaban J connectivity index is 0.000000490. The van der Waals surface area contributed by atoms with Crippen molar-refractivity contribution in [3.63, 3.8) is 0 Å². The predicted octanol–water partition coefficient (Wildman–Crippen LogP) is 0.758. The third-order valence-electron chi connectivity index (χ3n) is 0.743.